The molecule has 0 saturated carbocycles. The van der Waals surface area contributed by atoms with Crippen molar-refractivity contribution in [1.29, 1.82) is 0 Å². The van der Waals surface area contributed by atoms with Gasteiger partial charge in [0.1, 0.15) is 4.88 Å². The van der Waals surface area contributed by atoms with Crippen LogP contribution >= 0.6 is 49.9 Å². The number of nitrogens with one attached hydrogen (secondary N) is 1. The summed E-state index contributed by atoms with van der Waals surface area (Å²) in [5.41, 5.74) is 1.53. The lowest BCUT2D eigenvalue weighted by Gasteiger charge is -2.03. The third-order valence-corrected chi connectivity index (χ3v) is 4.41. The quantitative estimate of drug-likeness (QED) is 0.741. The highest BCUT2D eigenvalue weighted by Gasteiger charge is 2.14. The third kappa shape index (κ3) is 3.26. The van der Waals surface area contributed by atoms with Crippen molar-refractivity contribution >= 4 is 61.5 Å². The number of aromatic nitrogens is 1. The van der Waals surface area contributed by atoms with Crippen molar-refractivity contribution in [3.8, 4) is 0 Å². The first-order valence-electron chi connectivity index (χ1n) is 4.76. The largest absolute Gasteiger partial charge is 0.321 e. The lowest BCUT2D eigenvalue weighted by atomic mass is 10.3. The van der Waals surface area contributed by atoms with E-state index >= 15 is 0 Å². The number of rotatable bonds is 2. The molecule has 88 valence electrons. The van der Waals surface area contributed by atoms with Crippen molar-refractivity contribution in [2.45, 2.75) is 6.92 Å². The summed E-state index contributed by atoms with van der Waals surface area (Å²) in [4.78, 5) is 16.8. The second kappa shape index (κ2) is 5.45. The highest BCUT2D eigenvalue weighted by Crippen LogP contribution is 2.23. The van der Waals surface area contributed by atoms with E-state index in [1.54, 1.807) is 0 Å². The number of carbonyl (C=O) groups is 1. The van der Waals surface area contributed by atoms with Crippen LogP contribution in [0.5, 0.6) is 0 Å². The molecule has 0 aliphatic heterocycles. The molecule has 3 nitrogen and oxygen atoms in total. The average molecular weight is 423 g/mol. The van der Waals surface area contributed by atoms with E-state index in [1.165, 1.54) is 11.3 Å². The minimum absolute atomic E-state index is 0.119. The van der Waals surface area contributed by atoms with Gasteiger partial charge in [-0.1, -0.05) is 0 Å². The number of nitrogens with zero attached hydrogens (tertiary/aromatic N) is 1. The van der Waals surface area contributed by atoms with Gasteiger partial charge in [-0.2, -0.15) is 0 Å². The zero-order valence-electron chi connectivity index (χ0n) is 8.83. The Labute approximate surface area is 125 Å². The van der Waals surface area contributed by atoms with E-state index in [0.29, 0.717) is 4.88 Å². The number of amides is 1. The first kappa shape index (κ1) is 13.0. The predicted molar refractivity (Wildman–Crippen MR) is 81.7 cm³/mol. The van der Waals surface area contributed by atoms with Gasteiger partial charge < -0.3 is 5.32 Å². The Balaban J connectivity index is 2.17. The number of benzene rings is 1. The minimum Gasteiger partial charge on any atom is -0.321 e. The van der Waals surface area contributed by atoms with E-state index in [0.717, 1.165) is 18.9 Å². The second-order valence-corrected chi connectivity index (χ2v) is 6.86. The van der Waals surface area contributed by atoms with Crippen LogP contribution < -0.4 is 5.32 Å². The standard InChI is InChI=1S/C11H8BrIN2OS/c1-6-9(17-11(12)14-6)10(16)15-8-4-2-7(13)3-5-8/h2-5H,1H3,(H,15,16). The minimum atomic E-state index is -0.119. The van der Waals surface area contributed by atoms with Gasteiger partial charge in [0.25, 0.3) is 5.91 Å². The SMILES string of the molecule is Cc1nc(Br)sc1C(=O)Nc1ccc(I)cc1. The Morgan fingerprint density at radius 1 is 1.41 bits per heavy atom. The molecule has 1 aromatic carbocycles. The number of halogens is 2. The molecule has 2 rings (SSSR count). The first-order valence-corrected chi connectivity index (χ1v) is 7.45. The number of anilines is 1. The van der Waals surface area contributed by atoms with Crippen LogP contribution in [0, 0.1) is 10.5 Å². The van der Waals surface area contributed by atoms with Crippen molar-refractivity contribution in [3.05, 3.63) is 42.3 Å². The fourth-order valence-corrected chi connectivity index (χ4v) is 3.09. The van der Waals surface area contributed by atoms with Gasteiger partial charge in [-0.3, -0.25) is 4.79 Å². The van der Waals surface area contributed by atoms with Crippen molar-refractivity contribution in [2.75, 3.05) is 5.32 Å². The zero-order chi connectivity index (χ0) is 12.4. The van der Waals surface area contributed by atoms with Crippen LogP contribution in [0.1, 0.15) is 15.4 Å². The van der Waals surface area contributed by atoms with Crippen LogP contribution in [-0.4, -0.2) is 10.9 Å². The van der Waals surface area contributed by atoms with Gasteiger partial charge in [0.2, 0.25) is 0 Å². The number of hydrogen-bond acceptors (Lipinski definition) is 3. The lowest BCUT2D eigenvalue weighted by molar-refractivity contribution is 0.103. The number of aryl methyl sites for hydroxylation is 1. The van der Waals surface area contributed by atoms with E-state index in [2.05, 4.69) is 48.8 Å². The average Bonchev–Trinajstić information content (AvgIpc) is 2.61. The molecule has 1 amide bonds. The fraction of sp³-hybridized carbons (Fsp3) is 0.0909. The van der Waals surface area contributed by atoms with Crippen LogP contribution in [0.3, 0.4) is 0 Å². The summed E-state index contributed by atoms with van der Waals surface area (Å²) in [5.74, 6) is -0.119. The molecule has 6 heteroatoms. The molecule has 1 N–H and O–H groups in total. The molecule has 0 spiro atoms. The van der Waals surface area contributed by atoms with Gasteiger partial charge in [-0.15, -0.1) is 11.3 Å². The number of hydrogen-bond donors (Lipinski definition) is 1. The maximum atomic E-state index is 12.0. The molecule has 0 aliphatic rings. The summed E-state index contributed by atoms with van der Waals surface area (Å²) in [7, 11) is 0. The summed E-state index contributed by atoms with van der Waals surface area (Å²) in [5, 5.41) is 2.85. The van der Waals surface area contributed by atoms with Crippen LogP contribution in [0.25, 0.3) is 0 Å². The van der Waals surface area contributed by atoms with E-state index in [9.17, 15) is 4.79 Å². The third-order valence-electron chi connectivity index (χ3n) is 2.08. The molecule has 1 heterocycles. The summed E-state index contributed by atoms with van der Waals surface area (Å²) >= 11 is 6.83. The molecule has 0 saturated heterocycles. The van der Waals surface area contributed by atoms with Crippen LogP contribution in [0.2, 0.25) is 0 Å². The molecule has 0 atom stereocenters. The van der Waals surface area contributed by atoms with E-state index in [1.807, 2.05) is 31.2 Å². The van der Waals surface area contributed by atoms with Crippen molar-refractivity contribution in [3.63, 3.8) is 0 Å². The Hall–Kier alpha value is -0.470. The Bertz CT molecular complexity index is 553. The topological polar surface area (TPSA) is 42.0 Å². The molecule has 1 aromatic heterocycles. The molecular formula is C11H8BrIN2OS. The summed E-state index contributed by atoms with van der Waals surface area (Å²) in [6.45, 7) is 1.82. The highest BCUT2D eigenvalue weighted by atomic mass is 127. The maximum absolute atomic E-state index is 12.0. The van der Waals surface area contributed by atoms with Gasteiger partial charge in [-0.05, 0) is 69.7 Å². The highest BCUT2D eigenvalue weighted by molar-refractivity contribution is 14.1. The van der Waals surface area contributed by atoms with Crippen LogP contribution in [-0.2, 0) is 0 Å². The second-order valence-electron chi connectivity index (χ2n) is 3.34. The van der Waals surface area contributed by atoms with Gasteiger partial charge in [0, 0.05) is 9.26 Å². The zero-order valence-corrected chi connectivity index (χ0v) is 13.4. The molecule has 17 heavy (non-hydrogen) atoms. The summed E-state index contributed by atoms with van der Waals surface area (Å²) < 4.78 is 1.86. The van der Waals surface area contributed by atoms with Gasteiger partial charge >= 0.3 is 0 Å². The monoisotopic (exact) mass is 422 g/mol. The summed E-state index contributed by atoms with van der Waals surface area (Å²) in [6.07, 6.45) is 0. The molecule has 0 fully saturated rings. The Morgan fingerprint density at radius 3 is 2.59 bits per heavy atom. The van der Waals surface area contributed by atoms with E-state index < -0.39 is 0 Å². The number of thiazole rings is 1. The number of carbonyl (C=O) groups excluding carboxylic acids is 1. The van der Waals surface area contributed by atoms with Gasteiger partial charge in [0.15, 0.2) is 3.92 Å². The van der Waals surface area contributed by atoms with Crippen molar-refractivity contribution in [1.82, 2.24) is 4.98 Å². The summed E-state index contributed by atoms with van der Waals surface area (Å²) in [6, 6.07) is 7.66. The normalized spacial score (nSPS) is 10.3. The Kier molecular flexibility index (Phi) is 4.16. The van der Waals surface area contributed by atoms with E-state index in [-0.39, 0.29) is 5.91 Å². The Morgan fingerprint density at radius 2 is 2.06 bits per heavy atom. The smallest absolute Gasteiger partial charge is 0.267 e. The van der Waals surface area contributed by atoms with Crippen molar-refractivity contribution in [2.24, 2.45) is 0 Å². The molecule has 0 bridgehead atoms. The van der Waals surface area contributed by atoms with E-state index in [4.69, 9.17) is 0 Å². The predicted octanol–water partition coefficient (Wildman–Crippen LogP) is 4.07. The maximum Gasteiger partial charge on any atom is 0.267 e. The molecular weight excluding hydrogens is 415 g/mol. The molecule has 0 aliphatic carbocycles. The lowest BCUT2D eigenvalue weighted by Crippen LogP contribution is -2.11. The van der Waals surface area contributed by atoms with Crippen LogP contribution in [0.4, 0.5) is 5.69 Å². The van der Waals surface area contributed by atoms with Gasteiger partial charge in [-0.25, -0.2) is 4.98 Å². The van der Waals surface area contributed by atoms with Gasteiger partial charge in [0.05, 0.1) is 5.69 Å². The molecule has 2 aromatic rings. The van der Waals surface area contributed by atoms with Crippen LogP contribution in [0.15, 0.2) is 28.2 Å². The molecule has 0 radical (unpaired) electrons. The van der Waals surface area contributed by atoms with Crippen molar-refractivity contribution < 1.29 is 4.79 Å². The fourth-order valence-electron chi connectivity index (χ4n) is 1.30. The first-order chi connectivity index (χ1) is 8.06. The molecule has 0 unspecified atom stereocenters.